The molecule has 1 aliphatic rings. The van der Waals surface area contributed by atoms with Crippen molar-refractivity contribution < 1.29 is 14.3 Å². The molecule has 1 amide bonds. The molecule has 1 fully saturated rings. The SMILES string of the molecule is COc1nc(Nc2cc(C)cc(-c3cnn(C[C@H]4CNC(=O)O4)c3)c2)ncc1Cl. The van der Waals surface area contributed by atoms with E-state index in [4.69, 9.17) is 21.1 Å². The van der Waals surface area contributed by atoms with Gasteiger partial charge < -0.3 is 20.1 Å². The van der Waals surface area contributed by atoms with E-state index in [0.717, 1.165) is 22.4 Å². The van der Waals surface area contributed by atoms with Crippen molar-refractivity contribution in [2.45, 2.75) is 19.6 Å². The molecule has 29 heavy (non-hydrogen) atoms. The van der Waals surface area contributed by atoms with Crippen molar-refractivity contribution in [1.82, 2.24) is 25.1 Å². The zero-order valence-corrected chi connectivity index (χ0v) is 16.6. The number of methoxy groups -OCH3 is 1. The number of hydrogen-bond acceptors (Lipinski definition) is 7. The lowest BCUT2D eigenvalue weighted by atomic mass is 10.1. The van der Waals surface area contributed by atoms with Gasteiger partial charge in [0.2, 0.25) is 11.8 Å². The number of nitrogens with zero attached hydrogens (tertiary/aromatic N) is 4. The van der Waals surface area contributed by atoms with Crippen LogP contribution in [0.25, 0.3) is 11.1 Å². The van der Waals surface area contributed by atoms with Gasteiger partial charge in [0.1, 0.15) is 11.1 Å². The number of carbonyl (C=O) groups excluding carboxylic acids is 1. The van der Waals surface area contributed by atoms with Gasteiger partial charge in [0.15, 0.2) is 0 Å². The van der Waals surface area contributed by atoms with Crippen LogP contribution in [0, 0.1) is 6.92 Å². The summed E-state index contributed by atoms with van der Waals surface area (Å²) >= 11 is 5.98. The number of halogens is 1. The molecule has 1 atom stereocenters. The van der Waals surface area contributed by atoms with Crippen LogP contribution in [0.5, 0.6) is 5.88 Å². The van der Waals surface area contributed by atoms with E-state index in [1.54, 1.807) is 10.9 Å². The number of aromatic nitrogens is 4. The van der Waals surface area contributed by atoms with Crippen LogP contribution in [0.15, 0.2) is 36.8 Å². The van der Waals surface area contributed by atoms with Gasteiger partial charge in [-0.2, -0.15) is 10.1 Å². The van der Waals surface area contributed by atoms with Gasteiger partial charge in [-0.25, -0.2) is 9.78 Å². The lowest BCUT2D eigenvalue weighted by Crippen LogP contribution is -2.20. The standard InChI is InChI=1S/C19H19ClN6O3/c1-11-3-12(13-6-23-26(9-13)10-15-7-22-19(27)29-15)5-14(4-11)24-18-21-8-16(20)17(25-18)28-2/h3-6,8-9,15H,7,10H2,1-2H3,(H,22,27)(H,21,24,25)/t15-/m1/s1. The summed E-state index contributed by atoms with van der Waals surface area (Å²) in [4.78, 5) is 19.6. The number of alkyl carbamates (subject to hydrolysis) is 1. The number of rotatable bonds is 6. The first-order valence-corrected chi connectivity index (χ1v) is 9.30. The smallest absolute Gasteiger partial charge is 0.407 e. The van der Waals surface area contributed by atoms with Crippen LogP contribution in [0.4, 0.5) is 16.4 Å². The van der Waals surface area contributed by atoms with Crippen LogP contribution in [0.3, 0.4) is 0 Å². The molecule has 3 heterocycles. The Morgan fingerprint density at radius 2 is 2.21 bits per heavy atom. The lowest BCUT2D eigenvalue weighted by Gasteiger charge is -2.10. The Labute approximate surface area is 172 Å². The van der Waals surface area contributed by atoms with E-state index in [-0.39, 0.29) is 6.10 Å². The topological polar surface area (TPSA) is 103 Å². The molecular weight excluding hydrogens is 396 g/mol. The van der Waals surface area contributed by atoms with Crippen LogP contribution in [0.2, 0.25) is 5.02 Å². The summed E-state index contributed by atoms with van der Waals surface area (Å²) in [6, 6.07) is 6.03. The maximum Gasteiger partial charge on any atom is 0.407 e. The molecule has 0 bridgehead atoms. The van der Waals surface area contributed by atoms with Crippen molar-refractivity contribution >= 4 is 29.3 Å². The van der Waals surface area contributed by atoms with Gasteiger partial charge >= 0.3 is 6.09 Å². The van der Waals surface area contributed by atoms with E-state index >= 15 is 0 Å². The van der Waals surface area contributed by atoms with Gasteiger partial charge in [-0.05, 0) is 30.2 Å². The van der Waals surface area contributed by atoms with Crippen LogP contribution in [0.1, 0.15) is 5.56 Å². The Morgan fingerprint density at radius 1 is 1.34 bits per heavy atom. The first-order chi connectivity index (χ1) is 14.0. The fourth-order valence-corrected chi connectivity index (χ4v) is 3.23. The summed E-state index contributed by atoms with van der Waals surface area (Å²) in [7, 11) is 1.50. The normalized spacial score (nSPS) is 15.7. The van der Waals surface area contributed by atoms with Crippen LogP contribution in [-0.2, 0) is 11.3 Å². The van der Waals surface area contributed by atoms with Crippen molar-refractivity contribution in [2.24, 2.45) is 0 Å². The summed E-state index contributed by atoms with van der Waals surface area (Å²) in [6.45, 7) is 2.98. The number of carbonyl (C=O) groups is 1. The number of anilines is 2. The Kier molecular flexibility index (Phi) is 5.22. The third-order valence-corrected chi connectivity index (χ3v) is 4.60. The molecule has 0 unspecified atom stereocenters. The Morgan fingerprint density at radius 3 is 2.97 bits per heavy atom. The van der Waals surface area contributed by atoms with Crippen molar-refractivity contribution in [1.29, 1.82) is 0 Å². The molecule has 10 heteroatoms. The van der Waals surface area contributed by atoms with E-state index in [9.17, 15) is 4.79 Å². The number of benzene rings is 1. The molecule has 1 aliphatic heterocycles. The largest absolute Gasteiger partial charge is 0.480 e. The highest BCUT2D eigenvalue weighted by Gasteiger charge is 2.23. The average molecular weight is 415 g/mol. The molecule has 2 N–H and O–H groups in total. The third kappa shape index (κ3) is 4.40. The fourth-order valence-electron chi connectivity index (χ4n) is 3.06. The zero-order valence-electron chi connectivity index (χ0n) is 15.8. The van der Waals surface area contributed by atoms with Gasteiger partial charge in [0, 0.05) is 17.4 Å². The average Bonchev–Trinajstić information content (AvgIpc) is 3.32. The lowest BCUT2D eigenvalue weighted by molar-refractivity contribution is 0.129. The number of ether oxygens (including phenoxy) is 2. The van der Waals surface area contributed by atoms with Gasteiger partial charge in [-0.1, -0.05) is 17.7 Å². The van der Waals surface area contributed by atoms with Crippen molar-refractivity contribution in [3.63, 3.8) is 0 Å². The van der Waals surface area contributed by atoms with Gasteiger partial charge in [0.05, 0.1) is 32.6 Å². The van der Waals surface area contributed by atoms with Crippen LogP contribution < -0.4 is 15.4 Å². The predicted molar refractivity (Wildman–Crippen MR) is 108 cm³/mol. The molecule has 9 nitrogen and oxygen atoms in total. The van der Waals surface area contributed by atoms with Gasteiger partial charge in [-0.15, -0.1) is 0 Å². The van der Waals surface area contributed by atoms with Crippen LogP contribution >= 0.6 is 11.6 Å². The summed E-state index contributed by atoms with van der Waals surface area (Å²) in [6.07, 6.45) is 4.58. The molecular formula is C19H19ClN6O3. The molecule has 4 rings (SSSR count). The number of aryl methyl sites for hydroxylation is 1. The molecule has 150 valence electrons. The second-order valence-corrected chi connectivity index (χ2v) is 7.03. The zero-order chi connectivity index (χ0) is 20.4. The second-order valence-electron chi connectivity index (χ2n) is 6.62. The number of nitrogens with one attached hydrogen (secondary N) is 2. The third-order valence-electron chi connectivity index (χ3n) is 4.34. The fraction of sp³-hybridized carbons (Fsp3) is 0.263. The van der Waals surface area contributed by atoms with Crippen molar-refractivity contribution in [2.75, 3.05) is 19.0 Å². The maximum absolute atomic E-state index is 11.2. The highest BCUT2D eigenvalue weighted by molar-refractivity contribution is 6.31. The quantitative estimate of drug-likeness (QED) is 0.638. The summed E-state index contributed by atoms with van der Waals surface area (Å²) in [5.74, 6) is 0.689. The van der Waals surface area contributed by atoms with E-state index in [2.05, 4.69) is 31.8 Å². The highest BCUT2D eigenvalue weighted by atomic mass is 35.5. The van der Waals surface area contributed by atoms with E-state index in [1.807, 2.05) is 25.3 Å². The number of amides is 1. The van der Waals surface area contributed by atoms with Crippen LogP contribution in [-0.4, -0.2) is 45.6 Å². The minimum Gasteiger partial charge on any atom is -0.480 e. The van der Waals surface area contributed by atoms with E-state index < -0.39 is 6.09 Å². The predicted octanol–water partition coefficient (Wildman–Crippen LogP) is 3.16. The molecule has 0 aliphatic carbocycles. The second kappa shape index (κ2) is 7.96. The van der Waals surface area contributed by atoms with Crippen molar-refractivity contribution in [3.8, 4) is 17.0 Å². The summed E-state index contributed by atoms with van der Waals surface area (Å²) in [5.41, 5.74) is 3.82. The molecule has 0 radical (unpaired) electrons. The Hall–Kier alpha value is -3.33. The first-order valence-electron chi connectivity index (χ1n) is 8.93. The molecule has 1 saturated heterocycles. The molecule has 3 aromatic rings. The van der Waals surface area contributed by atoms with Gasteiger partial charge in [0.25, 0.3) is 0 Å². The molecule has 1 aromatic carbocycles. The Bertz CT molecular complexity index is 1050. The Balaban J connectivity index is 1.53. The molecule has 0 saturated carbocycles. The summed E-state index contributed by atoms with van der Waals surface area (Å²) in [5, 5.41) is 10.5. The highest BCUT2D eigenvalue weighted by Crippen LogP contribution is 2.27. The maximum atomic E-state index is 11.2. The molecule has 0 spiro atoms. The molecule has 2 aromatic heterocycles. The number of cyclic esters (lactones) is 1. The van der Waals surface area contributed by atoms with E-state index in [0.29, 0.717) is 29.9 Å². The minimum absolute atomic E-state index is 0.220. The van der Waals surface area contributed by atoms with Crippen molar-refractivity contribution in [3.05, 3.63) is 47.4 Å². The van der Waals surface area contributed by atoms with E-state index in [1.165, 1.54) is 13.3 Å². The monoisotopic (exact) mass is 414 g/mol. The van der Waals surface area contributed by atoms with Gasteiger partial charge in [-0.3, -0.25) is 4.68 Å². The minimum atomic E-state index is -0.391. The summed E-state index contributed by atoms with van der Waals surface area (Å²) < 4.78 is 12.1. The first kappa shape index (κ1) is 19.0. The number of hydrogen-bond donors (Lipinski definition) is 2.